The molecule has 2 amide bonds. The molecule has 2 aromatic rings. The molecule has 1 heterocycles. The zero-order valence-electron chi connectivity index (χ0n) is 18.1. The second kappa shape index (κ2) is 9.02. The molecule has 9 heteroatoms. The van der Waals surface area contributed by atoms with Gasteiger partial charge in [0.25, 0.3) is 5.91 Å². The predicted octanol–water partition coefficient (Wildman–Crippen LogP) is 5.31. The van der Waals surface area contributed by atoms with Gasteiger partial charge in [0.1, 0.15) is 0 Å². The van der Waals surface area contributed by atoms with E-state index >= 15 is 0 Å². The highest BCUT2D eigenvalue weighted by molar-refractivity contribution is 6.33. The zero-order valence-corrected chi connectivity index (χ0v) is 18.8. The predicted molar refractivity (Wildman–Crippen MR) is 119 cm³/mol. The Hall–Kier alpha value is -2.74. The first-order valence-corrected chi connectivity index (χ1v) is 10.6. The van der Waals surface area contributed by atoms with Gasteiger partial charge in [-0.1, -0.05) is 44.5 Å². The number of nitrogens with one attached hydrogen (secondary N) is 1. The lowest BCUT2D eigenvalue weighted by Gasteiger charge is -2.37. The molecule has 0 radical (unpaired) electrons. The summed E-state index contributed by atoms with van der Waals surface area (Å²) in [4.78, 5) is 28.3. The Labute approximate surface area is 190 Å². The van der Waals surface area contributed by atoms with Crippen molar-refractivity contribution in [2.24, 2.45) is 5.41 Å². The number of rotatable bonds is 3. The standard InChI is InChI=1S/C23H25ClF3N3O2/c1-22(2,3)21(32)28-15-8-9-19(18(24)14-15)29-10-12-30(13-11-29)20(31)16-6-4-5-7-17(16)23(25,26)27/h4-9,14H,10-13H2,1-3H3,(H,28,32). The van der Waals surface area contributed by atoms with Gasteiger partial charge in [0.05, 0.1) is 21.8 Å². The Morgan fingerprint density at radius 2 is 1.59 bits per heavy atom. The van der Waals surface area contributed by atoms with E-state index in [0.29, 0.717) is 23.8 Å². The van der Waals surface area contributed by atoms with Gasteiger partial charge in [-0.25, -0.2) is 0 Å². The summed E-state index contributed by atoms with van der Waals surface area (Å²) >= 11 is 6.43. The summed E-state index contributed by atoms with van der Waals surface area (Å²) < 4.78 is 39.8. The van der Waals surface area contributed by atoms with Crippen LogP contribution in [0, 0.1) is 5.41 Å². The van der Waals surface area contributed by atoms with Crippen LogP contribution in [0.5, 0.6) is 0 Å². The van der Waals surface area contributed by atoms with Gasteiger partial charge in [-0.2, -0.15) is 13.2 Å². The van der Waals surface area contributed by atoms with Crippen LogP contribution in [-0.2, 0) is 11.0 Å². The first kappa shape index (κ1) is 23.9. The highest BCUT2D eigenvalue weighted by atomic mass is 35.5. The molecule has 1 saturated heterocycles. The van der Waals surface area contributed by atoms with Gasteiger partial charge in [-0.3, -0.25) is 9.59 Å². The molecular weight excluding hydrogens is 443 g/mol. The summed E-state index contributed by atoms with van der Waals surface area (Å²) in [5.74, 6) is -0.767. The Bertz CT molecular complexity index is 1010. The van der Waals surface area contributed by atoms with Crippen molar-refractivity contribution in [2.75, 3.05) is 36.4 Å². The molecule has 0 aromatic heterocycles. The van der Waals surface area contributed by atoms with Gasteiger partial charge in [0, 0.05) is 37.3 Å². The first-order chi connectivity index (χ1) is 14.9. The Balaban J connectivity index is 1.68. The molecule has 32 heavy (non-hydrogen) atoms. The number of alkyl halides is 3. The fourth-order valence-electron chi connectivity index (χ4n) is 3.40. The molecule has 1 fully saturated rings. The molecular formula is C23H25ClF3N3O2. The summed E-state index contributed by atoms with van der Waals surface area (Å²) in [6.07, 6.45) is -4.59. The number of carbonyl (C=O) groups excluding carboxylic acids is 2. The minimum absolute atomic E-state index is 0.132. The number of hydrogen-bond acceptors (Lipinski definition) is 3. The van der Waals surface area contributed by atoms with Gasteiger partial charge in [0.15, 0.2) is 0 Å². The second-order valence-corrected chi connectivity index (χ2v) is 9.10. The molecule has 3 rings (SSSR count). The molecule has 0 unspecified atom stereocenters. The van der Waals surface area contributed by atoms with E-state index in [9.17, 15) is 22.8 Å². The summed E-state index contributed by atoms with van der Waals surface area (Å²) in [5, 5.41) is 3.27. The third-order valence-electron chi connectivity index (χ3n) is 5.26. The fourth-order valence-corrected chi connectivity index (χ4v) is 3.70. The number of halogens is 4. The average Bonchev–Trinajstić information content (AvgIpc) is 2.72. The molecule has 0 saturated carbocycles. The highest BCUT2D eigenvalue weighted by Gasteiger charge is 2.36. The fraction of sp³-hybridized carbons (Fsp3) is 0.391. The van der Waals surface area contributed by atoms with E-state index in [2.05, 4.69) is 5.32 Å². The summed E-state index contributed by atoms with van der Waals surface area (Å²) in [5.41, 5.74) is -0.494. The van der Waals surface area contributed by atoms with Crippen LogP contribution in [0.4, 0.5) is 24.5 Å². The van der Waals surface area contributed by atoms with Gasteiger partial charge >= 0.3 is 6.18 Å². The van der Waals surface area contributed by atoms with Crippen LogP contribution in [-0.4, -0.2) is 42.9 Å². The molecule has 1 aliphatic rings. The average molecular weight is 468 g/mol. The smallest absolute Gasteiger partial charge is 0.367 e. The minimum atomic E-state index is -4.59. The van der Waals surface area contributed by atoms with Crippen molar-refractivity contribution in [1.29, 1.82) is 0 Å². The molecule has 2 aromatic carbocycles. The lowest BCUT2D eigenvalue weighted by Crippen LogP contribution is -2.49. The van der Waals surface area contributed by atoms with Crippen molar-refractivity contribution in [3.8, 4) is 0 Å². The van der Waals surface area contributed by atoms with Crippen LogP contribution in [0.1, 0.15) is 36.7 Å². The number of hydrogen-bond donors (Lipinski definition) is 1. The lowest BCUT2D eigenvalue weighted by molar-refractivity contribution is -0.138. The number of piperazine rings is 1. The molecule has 1 N–H and O–H groups in total. The van der Waals surface area contributed by atoms with Gasteiger partial charge < -0.3 is 15.1 Å². The Kier molecular flexibility index (Phi) is 6.74. The van der Waals surface area contributed by atoms with Crippen molar-refractivity contribution in [2.45, 2.75) is 26.9 Å². The lowest BCUT2D eigenvalue weighted by atomic mass is 9.95. The zero-order chi connectivity index (χ0) is 23.7. The van der Waals surface area contributed by atoms with E-state index in [1.807, 2.05) is 25.7 Å². The van der Waals surface area contributed by atoms with Crippen molar-refractivity contribution >= 4 is 34.8 Å². The largest absolute Gasteiger partial charge is 0.417 e. The Morgan fingerprint density at radius 1 is 0.969 bits per heavy atom. The highest BCUT2D eigenvalue weighted by Crippen LogP contribution is 2.33. The van der Waals surface area contributed by atoms with Crippen LogP contribution in [0.25, 0.3) is 0 Å². The molecule has 172 valence electrons. The number of amides is 2. The van der Waals surface area contributed by atoms with Crippen molar-refractivity contribution in [3.63, 3.8) is 0 Å². The molecule has 5 nitrogen and oxygen atoms in total. The van der Waals surface area contributed by atoms with Gasteiger partial charge in [-0.15, -0.1) is 0 Å². The quantitative estimate of drug-likeness (QED) is 0.666. The SMILES string of the molecule is CC(C)(C)C(=O)Nc1ccc(N2CCN(C(=O)c3ccccc3C(F)(F)F)CC2)c(Cl)c1. The maximum atomic E-state index is 13.3. The third kappa shape index (κ3) is 5.35. The van der Waals surface area contributed by atoms with Crippen LogP contribution in [0.3, 0.4) is 0 Å². The van der Waals surface area contributed by atoms with E-state index < -0.39 is 23.1 Å². The van der Waals surface area contributed by atoms with Crippen LogP contribution >= 0.6 is 11.6 Å². The number of carbonyl (C=O) groups is 2. The van der Waals surface area contributed by atoms with E-state index in [-0.39, 0.29) is 24.6 Å². The number of benzene rings is 2. The molecule has 1 aliphatic heterocycles. The van der Waals surface area contributed by atoms with Crippen LogP contribution < -0.4 is 10.2 Å². The topological polar surface area (TPSA) is 52.7 Å². The summed E-state index contributed by atoms with van der Waals surface area (Å²) in [6.45, 7) is 6.82. The monoisotopic (exact) mass is 467 g/mol. The van der Waals surface area contributed by atoms with Crippen molar-refractivity contribution < 1.29 is 22.8 Å². The molecule has 0 atom stereocenters. The van der Waals surface area contributed by atoms with E-state index in [1.54, 1.807) is 18.2 Å². The molecule has 0 spiro atoms. The van der Waals surface area contributed by atoms with Gasteiger partial charge in [-0.05, 0) is 30.3 Å². The summed E-state index contributed by atoms with van der Waals surface area (Å²) in [7, 11) is 0. The maximum absolute atomic E-state index is 13.3. The molecule has 0 bridgehead atoms. The van der Waals surface area contributed by atoms with Crippen LogP contribution in [0.2, 0.25) is 5.02 Å². The third-order valence-corrected chi connectivity index (χ3v) is 5.56. The van der Waals surface area contributed by atoms with Crippen LogP contribution in [0.15, 0.2) is 42.5 Å². The van der Waals surface area contributed by atoms with E-state index in [0.717, 1.165) is 11.8 Å². The number of nitrogens with zero attached hydrogens (tertiary/aromatic N) is 2. The van der Waals surface area contributed by atoms with E-state index in [4.69, 9.17) is 11.6 Å². The summed E-state index contributed by atoms with van der Waals surface area (Å²) in [6, 6.07) is 10.0. The maximum Gasteiger partial charge on any atom is 0.417 e. The normalized spacial score (nSPS) is 15.0. The van der Waals surface area contributed by atoms with E-state index in [1.165, 1.54) is 23.1 Å². The Morgan fingerprint density at radius 3 is 2.16 bits per heavy atom. The van der Waals surface area contributed by atoms with Crippen molar-refractivity contribution in [3.05, 3.63) is 58.6 Å². The van der Waals surface area contributed by atoms with Crippen molar-refractivity contribution in [1.82, 2.24) is 4.90 Å². The minimum Gasteiger partial charge on any atom is -0.367 e. The first-order valence-electron chi connectivity index (χ1n) is 10.2. The second-order valence-electron chi connectivity index (χ2n) is 8.69. The molecule has 0 aliphatic carbocycles. The number of anilines is 2. The van der Waals surface area contributed by atoms with Gasteiger partial charge in [0.2, 0.25) is 5.91 Å².